The Morgan fingerprint density at radius 1 is 1.29 bits per heavy atom. The first-order chi connectivity index (χ1) is 8.40. The maximum absolute atomic E-state index is 5.03. The number of hydrogen-bond acceptors (Lipinski definition) is 4. The molecule has 0 spiro atoms. The number of aromatic nitrogens is 3. The van der Waals surface area contributed by atoms with Gasteiger partial charge < -0.3 is 9.30 Å². The van der Waals surface area contributed by atoms with Crippen molar-refractivity contribution >= 4 is 11.8 Å². The first-order valence-electron chi connectivity index (χ1n) is 5.43. The molecule has 0 saturated carbocycles. The Morgan fingerprint density at radius 2 is 2.24 bits per heavy atom. The lowest BCUT2D eigenvalue weighted by Gasteiger charge is -2.06. The molecule has 0 saturated heterocycles. The van der Waals surface area contributed by atoms with E-state index < -0.39 is 0 Å². The Morgan fingerprint density at radius 3 is 3.00 bits per heavy atom. The second-order valence-corrected chi connectivity index (χ2v) is 4.56. The van der Waals surface area contributed by atoms with Crippen molar-refractivity contribution in [2.75, 3.05) is 19.5 Å². The van der Waals surface area contributed by atoms with Crippen LogP contribution in [0.25, 0.3) is 0 Å². The van der Waals surface area contributed by atoms with E-state index in [-0.39, 0.29) is 0 Å². The fourth-order valence-electron chi connectivity index (χ4n) is 1.44. The summed E-state index contributed by atoms with van der Waals surface area (Å²) in [7, 11) is 1.71. The number of thioether (sulfide) groups is 1. The summed E-state index contributed by atoms with van der Waals surface area (Å²) in [6.45, 7) is 1.50. The molecule has 0 unspecified atom stereocenters. The highest BCUT2D eigenvalue weighted by atomic mass is 32.2. The van der Waals surface area contributed by atoms with Gasteiger partial charge in [0.15, 0.2) is 5.16 Å². The van der Waals surface area contributed by atoms with Crippen molar-refractivity contribution in [3.8, 4) is 0 Å². The average molecular weight is 249 g/mol. The van der Waals surface area contributed by atoms with Crippen LogP contribution < -0.4 is 0 Å². The third kappa shape index (κ3) is 3.57. The largest absolute Gasteiger partial charge is 0.384 e. The molecule has 0 fully saturated rings. The van der Waals surface area contributed by atoms with Gasteiger partial charge in [0, 0.05) is 31.5 Å². The summed E-state index contributed by atoms with van der Waals surface area (Å²) in [5, 5.41) is 1.01. The third-order valence-electron chi connectivity index (χ3n) is 2.25. The van der Waals surface area contributed by atoms with Crippen molar-refractivity contribution in [3.05, 3.63) is 42.5 Å². The van der Waals surface area contributed by atoms with Crippen molar-refractivity contribution in [2.24, 2.45) is 0 Å². The van der Waals surface area contributed by atoms with Gasteiger partial charge in [-0.15, -0.1) is 0 Å². The van der Waals surface area contributed by atoms with E-state index in [1.807, 2.05) is 36.8 Å². The molecule has 0 radical (unpaired) electrons. The molecule has 0 aromatic carbocycles. The van der Waals surface area contributed by atoms with Gasteiger partial charge >= 0.3 is 0 Å². The van der Waals surface area contributed by atoms with Crippen LogP contribution in [0.5, 0.6) is 0 Å². The second-order valence-electron chi connectivity index (χ2n) is 3.50. The topological polar surface area (TPSA) is 39.9 Å². The van der Waals surface area contributed by atoms with E-state index in [1.165, 1.54) is 0 Å². The van der Waals surface area contributed by atoms with E-state index in [0.717, 1.165) is 29.8 Å². The normalized spacial score (nSPS) is 10.6. The number of nitrogens with zero attached hydrogens (tertiary/aromatic N) is 3. The highest BCUT2D eigenvalue weighted by Gasteiger charge is 2.04. The molecule has 4 nitrogen and oxygen atoms in total. The monoisotopic (exact) mass is 249 g/mol. The lowest BCUT2D eigenvalue weighted by Crippen LogP contribution is -2.03. The summed E-state index contributed by atoms with van der Waals surface area (Å²) >= 11 is 1.70. The minimum Gasteiger partial charge on any atom is -0.384 e. The molecule has 5 heteroatoms. The van der Waals surface area contributed by atoms with Gasteiger partial charge in [-0.05, 0) is 12.1 Å². The standard InChI is InChI=1S/C12H15N3OS/c1-16-8-9-17-12-14-6-7-15(12)10-11-4-2-3-5-13-11/h2-7H,8-10H2,1H3. The van der Waals surface area contributed by atoms with Crippen LogP contribution in [-0.4, -0.2) is 34.0 Å². The van der Waals surface area contributed by atoms with Crippen molar-refractivity contribution < 1.29 is 4.74 Å². The highest BCUT2D eigenvalue weighted by molar-refractivity contribution is 7.99. The molecule has 0 aliphatic heterocycles. The van der Waals surface area contributed by atoms with Gasteiger partial charge in [0.25, 0.3) is 0 Å². The Hall–Kier alpha value is -1.33. The number of rotatable bonds is 6. The molecule has 2 aromatic rings. The summed E-state index contributed by atoms with van der Waals surface area (Å²) in [5.41, 5.74) is 1.04. The zero-order valence-electron chi connectivity index (χ0n) is 9.74. The predicted octanol–water partition coefficient (Wildman–Crippen LogP) is 2.06. The fraction of sp³-hybridized carbons (Fsp3) is 0.333. The summed E-state index contributed by atoms with van der Waals surface area (Å²) in [6, 6.07) is 5.94. The van der Waals surface area contributed by atoms with Gasteiger partial charge in [0.1, 0.15) is 0 Å². The van der Waals surface area contributed by atoms with Crippen LogP contribution in [0.1, 0.15) is 5.69 Å². The fourth-order valence-corrected chi connectivity index (χ4v) is 2.30. The van der Waals surface area contributed by atoms with Crippen LogP contribution >= 0.6 is 11.8 Å². The molecule has 0 N–H and O–H groups in total. The zero-order valence-corrected chi connectivity index (χ0v) is 10.6. The lowest BCUT2D eigenvalue weighted by molar-refractivity contribution is 0.218. The van der Waals surface area contributed by atoms with Gasteiger partial charge in [-0.1, -0.05) is 17.8 Å². The predicted molar refractivity (Wildman–Crippen MR) is 68.2 cm³/mol. The van der Waals surface area contributed by atoms with Gasteiger partial charge in [0.05, 0.1) is 18.8 Å². The number of methoxy groups -OCH3 is 1. The average Bonchev–Trinajstić information content (AvgIpc) is 2.79. The molecule has 2 aromatic heterocycles. The number of hydrogen-bond donors (Lipinski definition) is 0. The van der Waals surface area contributed by atoms with E-state index >= 15 is 0 Å². The first kappa shape index (κ1) is 12.1. The van der Waals surface area contributed by atoms with E-state index in [1.54, 1.807) is 18.9 Å². The van der Waals surface area contributed by atoms with Crippen LogP contribution in [0, 0.1) is 0 Å². The quantitative estimate of drug-likeness (QED) is 0.580. The van der Waals surface area contributed by atoms with Gasteiger partial charge in [-0.25, -0.2) is 4.98 Å². The summed E-state index contributed by atoms with van der Waals surface area (Å²) < 4.78 is 7.13. The molecular formula is C12H15N3OS. The zero-order chi connectivity index (χ0) is 11.9. The van der Waals surface area contributed by atoms with Crippen LogP contribution in [0.15, 0.2) is 41.9 Å². The van der Waals surface area contributed by atoms with Crippen LogP contribution in [0.3, 0.4) is 0 Å². The molecule has 2 rings (SSSR count). The molecular weight excluding hydrogens is 234 g/mol. The van der Waals surface area contributed by atoms with E-state index in [9.17, 15) is 0 Å². The SMILES string of the molecule is COCCSc1nccn1Cc1ccccn1. The Bertz CT molecular complexity index is 444. The van der Waals surface area contributed by atoms with Crippen molar-refractivity contribution in [1.29, 1.82) is 0 Å². The molecule has 0 bridgehead atoms. The Balaban J connectivity index is 1.99. The second kappa shape index (κ2) is 6.42. The molecule has 90 valence electrons. The van der Waals surface area contributed by atoms with Crippen molar-refractivity contribution in [1.82, 2.24) is 14.5 Å². The van der Waals surface area contributed by atoms with Crippen molar-refractivity contribution in [3.63, 3.8) is 0 Å². The summed E-state index contributed by atoms with van der Waals surface area (Å²) in [5.74, 6) is 0.912. The van der Waals surface area contributed by atoms with E-state index in [4.69, 9.17) is 4.74 Å². The van der Waals surface area contributed by atoms with Crippen LogP contribution in [0.4, 0.5) is 0 Å². The number of ether oxygens (including phenoxy) is 1. The van der Waals surface area contributed by atoms with Crippen LogP contribution in [-0.2, 0) is 11.3 Å². The minimum atomic E-state index is 0.737. The number of pyridine rings is 1. The van der Waals surface area contributed by atoms with E-state index in [2.05, 4.69) is 14.5 Å². The molecule has 0 aliphatic carbocycles. The van der Waals surface area contributed by atoms with E-state index in [0.29, 0.717) is 0 Å². The minimum absolute atomic E-state index is 0.737. The number of imidazole rings is 1. The summed E-state index contributed by atoms with van der Waals surface area (Å²) in [6.07, 6.45) is 5.60. The highest BCUT2D eigenvalue weighted by Crippen LogP contribution is 2.16. The maximum Gasteiger partial charge on any atom is 0.168 e. The maximum atomic E-state index is 5.03. The lowest BCUT2D eigenvalue weighted by atomic mass is 10.3. The molecule has 2 heterocycles. The molecule has 17 heavy (non-hydrogen) atoms. The van der Waals surface area contributed by atoms with Gasteiger partial charge in [0.2, 0.25) is 0 Å². The van der Waals surface area contributed by atoms with Crippen molar-refractivity contribution in [2.45, 2.75) is 11.7 Å². The third-order valence-corrected chi connectivity index (χ3v) is 3.22. The first-order valence-corrected chi connectivity index (χ1v) is 6.41. The van der Waals surface area contributed by atoms with Gasteiger partial charge in [-0.3, -0.25) is 4.98 Å². The molecule has 0 aliphatic rings. The van der Waals surface area contributed by atoms with Gasteiger partial charge in [-0.2, -0.15) is 0 Å². The Kier molecular flexibility index (Phi) is 4.58. The molecule has 0 atom stereocenters. The Labute approximate surface area is 105 Å². The summed E-state index contributed by atoms with van der Waals surface area (Å²) in [4.78, 5) is 8.64. The molecule has 0 amide bonds. The van der Waals surface area contributed by atoms with Crippen LogP contribution in [0.2, 0.25) is 0 Å². The smallest absolute Gasteiger partial charge is 0.168 e.